The Balaban J connectivity index is 2.20. The highest BCUT2D eigenvalue weighted by Crippen LogP contribution is 2.13. The summed E-state index contributed by atoms with van der Waals surface area (Å²) in [7, 11) is 0. The van der Waals surface area contributed by atoms with E-state index in [2.05, 4.69) is 15.3 Å². The van der Waals surface area contributed by atoms with Gasteiger partial charge < -0.3 is 9.88 Å². The Morgan fingerprint density at radius 2 is 2.22 bits per heavy atom. The molecule has 0 saturated heterocycles. The van der Waals surface area contributed by atoms with E-state index in [9.17, 15) is 4.79 Å². The van der Waals surface area contributed by atoms with E-state index < -0.39 is 0 Å². The van der Waals surface area contributed by atoms with Gasteiger partial charge in [-0.2, -0.15) is 0 Å². The molecule has 0 saturated carbocycles. The fourth-order valence-corrected chi connectivity index (χ4v) is 1.77. The van der Waals surface area contributed by atoms with Gasteiger partial charge in [0.2, 0.25) is 5.28 Å². The molecule has 6 heteroatoms. The predicted octanol–water partition coefficient (Wildman–Crippen LogP) is 2.76. The van der Waals surface area contributed by atoms with Gasteiger partial charge >= 0.3 is 0 Å². The molecule has 5 nitrogen and oxygen atoms in total. The van der Waals surface area contributed by atoms with E-state index in [1.165, 1.54) is 6.20 Å². The number of carbonyl (C=O) groups is 1. The Kier molecular flexibility index (Phi) is 3.62. The van der Waals surface area contributed by atoms with Crippen LogP contribution in [0.25, 0.3) is 0 Å². The standard InChI is InChI=1S/C12H13ClN4O/c1-8(2)17-7-3-4-9(17)11(18)15-10-5-6-14-12(13)16-10/h3-8H,1-2H3,(H,14,15,16,18). The van der Waals surface area contributed by atoms with E-state index in [0.29, 0.717) is 11.5 Å². The highest BCUT2D eigenvalue weighted by Gasteiger charge is 2.13. The highest BCUT2D eigenvalue weighted by atomic mass is 35.5. The maximum absolute atomic E-state index is 12.1. The maximum atomic E-state index is 12.1. The predicted molar refractivity (Wildman–Crippen MR) is 69.8 cm³/mol. The van der Waals surface area contributed by atoms with Crippen LogP contribution in [0.2, 0.25) is 5.28 Å². The first kappa shape index (κ1) is 12.6. The summed E-state index contributed by atoms with van der Waals surface area (Å²) in [4.78, 5) is 19.7. The summed E-state index contributed by atoms with van der Waals surface area (Å²) in [6, 6.07) is 5.40. The number of amides is 1. The van der Waals surface area contributed by atoms with Gasteiger partial charge in [0.05, 0.1) is 0 Å². The van der Waals surface area contributed by atoms with Crippen molar-refractivity contribution < 1.29 is 4.79 Å². The van der Waals surface area contributed by atoms with E-state index >= 15 is 0 Å². The topological polar surface area (TPSA) is 59.8 Å². The van der Waals surface area contributed by atoms with E-state index in [0.717, 1.165) is 0 Å². The van der Waals surface area contributed by atoms with Crippen LogP contribution in [0.1, 0.15) is 30.4 Å². The molecule has 94 valence electrons. The summed E-state index contributed by atoms with van der Waals surface area (Å²) in [6.07, 6.45) is 3.36. The molecule has 0 atom stereocenters. The Morgan fingerprint density at radius 1 is 1.44 bits per heavy atom. The SMILES string of the molecule is CC(C)n1cccc1C(=O)Nc1ccnc(Cl)n1. The van der Waals surface area contributed by atoms with Crippen molar-refractivity contribution in [1.29, 1.82) is 0 Å². The summed E-state index contributed by atoms with van der Waals surface area (Å²) in [6.45, 7) is 4.02. The monoisotopic (exact) mass is 264 g/mol. The first-order valence-corrected chi connectivity index (χ1v) is 5.92. The van der Waals surface area contributed by atoms with Crippen molar-refractivity contribution in [2.24, 2.45) is 0 Å². The highest BCUT2D eigenvalue weighted by molar-refractivity contribution is 6.28. The van der Waals surface area contributed by atoms with Crippen LogP contribution in [0.3, 0.4) is 0 Å². The van der Waals surface area contributed by atoms with Crippen LogP contribution < -0.4 is 5.32 Å². The molecule has 0 unspecified atom stereocenters. The van der Waals surface area contributed by atoms with Crippen LogP contribution in [0, 0.1) is 0 Å². The fourth-order valence-electron chi connectivity index (χ4n) is 1.62. The molecule has 18 heavy (non-hydrogen) atoms. The summed E-state index contributed by atoms with van der Waals surface area (Å²) in [5.41, 5.74) is 0.583. The lowest BCUT2D eigenvalue weighted by Gasteiger charge is -2.12. The third-order valence-corrected chi connectivity index (χ3v) is 2.62. The zero-order chi connectivity index (χ0) is 13.1. The van der Waals surface area contributed by atoms with Crippen molar-refractivity contribution in [1.82, 2.24) is 14.5 Å². The number of hydrogen-bond donors (Lipinski definition) is 1. The Hall–Kier alpha value is -1.88. The number of halogens is 1. The van der Waals surface area contributed by atoms with Crippen molar-refractivity contribution in [2.45, 2.75) is 19.9 Å². The van der Waals surface area contributed by atoms with Crippen LogP contribution in [-0.2, 0) is 0 Å². The zero-order valence-corrected chi connectivity index (χ0v) is 10.8. The number of nitrogens with one attached hydrogen (secondary N) is 1. The molecule has 2 rings (SSSR count). The number of nitrogens with zero attached hydrogens (tertiary/aromatic N) is 3. The van der Waals surface area contributed by atoms with Crippen LogP contribution in [0.4, 0.5) is 5.82 Å². The van der Waals surface area contributed by atoms with Gasteiger partial charge in [-0.3, -0.25) is 4.79 Å². The molecule has 1 N–H and O–H groups in total. The van der Waals surface area contributed by atoms with Gasteiger partial charge in [-0.05, 0) is 43.6 Å². The van der Waals surface area contributed by atoms with Crippen molar-refractivity contribution in [2.75, 3.05) is 5.32 Å². The molecule has 0 aromatic carbocycles. The summed E-state index contributed by atoms with van der Waals surface area (Å²) >= 11 is 5.66. The molecular formula is C12H13ClN4O. The Morgan fingerprint density at radius 3 is 2.89 bits per heavy atom. The van der Waals surface area contributed by atoms with Gasteiger partial charge in [-0.1, -0.05) is 0 Å². The molecule has 0 aliphatic carbocycles. The number of aromatic nitrogens is 3. The lowest BCUT2D eigenvalue weighted by molar-refractivity contribution is 0.101. The second-order valence-electron chi connectivity index (χ2n) is 4.06. The first-order valence-electron chi connectivity index (χ1n) is 5.54. The second-order valence-corrected chi connectivity index (χ2v) is 4.40. The van der Waals surface area contributed by atoms with E-state index in [-0.39, 0.29) is 17.2 Å². The fraction of sp³-hybridized carbons (Fsp3) is 0.250. The molecule has 0 spiro atoms. The lowest BCUT2D eigenvalue weighted by Crippen LogP contribution is -2.18. The molecule has 0 aliphatic rings. The summed E-state index contributed by atoms with van der Waals surface area (Å²) in [5.74, 6) is 0.167. The maximum Gasteiger partial charge on any atom is 0.273 e. The number of anilines is 1. The zero-order valence-electron chi connectivity index (χ0n) is 10.1. The van der Waals surface area contributed by atoms with Crippen LogP contribution in [0.15, 0.2) is 30.6 Å². The quantitative estimate of drug-likeness (QED) is 0.867. The van der Waals surface area contributed by atoms with Gasteiger partial charge in [-0.15, -0.1) is 0 Å². The first-order chi connectivity index (χ1) is 8.58. The third kappa shape index (κ3) is 2.68. The summed E-state index contributed by atoms with van der Waals surface area (Å²) < 4.78 is 1.89. The van der Waals surface area contributed by atoms with Gasteiger partial charge in [-0.25, -0.2) is 9.97 Å². The van der Waals surface area contributed by atoms with Crippen molar-refractivity contribution in [3.63, 3.8) is 0 Å². The molecule has 2 heterocycles. The molecular weight excluding hydrogens is 252 g/mol. The van der Waals surface area contributed by atoms with Crippen LogP contribution in [-0.4, -0.2) is 20.4 Å². The van der Waals surface area contributed by atoms with Crippen molar-refractivity contribution in [3.8, 4) is 0 Å². The molecule has 0 bridgehead atoms. The lowest BCUT2D eigenvalue weighted by atomic mass is 10.3. The molecule has 2 aromatic rings. The van der Waals surface area contributed by atoms with Crippen molar-refractivity contribution in [3.05, 3.63) is 41.6 Å². The Bertz CT molecular complexity index is 565. The smallest absolute Gasteiger partial charge is 0.273 e. The molecule has 0 aliphatic heterocycles. The van der Waals surface area contributed by atoms with Gasteiger partial charge in [0.15, 0.2) is 0 Å². The normalized spacial score (nSPS) is 10.7. The summed E-state index contributed by atoms with van der Waals surface area (Å²) in [5, 5.41) is 2.79. The largest absolute Gasteiger partial charge is 0.341 e. The Labute approximate surface area is 110 Å². The average Bonchev–Trinajstić information content (AvgIpc) is 2.77. The average molecular weight is 265 g/mol. The second kappa shape index (κ2) is 5.18. The van der Waals surface area contributed by atoms with Gasteiger partial charge in [0, 0.05) is 18.4 Å². The number of hydrogen-bond acceptors (Lipinski definition) is 3. The molecule has 0 fully saturated rings. The van der Waals surface area contributed by atoms with Crippen LogP contribution >= 0.6 is 11.6 Å². The third-order valence-electron chi connectivity index (χ3n) is 2.44. The number of carbonyl (C=O) groups excluding carboxylic acids is 1. The van der Waals surface area contributed by atoms with Gasteiger partial charge in [0.1, 0.15) is 11.5 Å². The van der Waals surface area contributed by atoms with Gasteiger partial charge in [0.25, 0.3) is 5.91 Å². The minimum Gasteiger partial charge on any atom is -0.341 e. The number of rotatable bonds is 3. The minimum atomic E-state index is -0.219. The van der Waals surface area contributed by atoms with E-state index in [1.54, 1.807) is 12.1 Å². The van der Waals surface area contributed by atoms with E-state index in [4.69, 9.17) is 11.6 Å². The minimum absolute atomic E-state index is 0.104. The van der Waals surface area contributed by atoms with Crippen molar-refractivity contribution >= 4 is 23.3 Å². The molecule has 1 amide bonds. The molecule has 0 radical (unpaired) electrons. The molecule has 2 aromatic heterocycles. The van der Waals surface area contributed by atoms with E-state index in [1.807, 2.05) is 30.7 Å². The van der Waals surface area contributed by atoms with Crippen LogP contribution in [0.5, 0.6) is 0 Å².